The van der Waals surface area contributed by atoms with Crippen molar-refractivity contribution >= 4 is 12.0 Å². The van der Waals surface area contributed by atoms with Crippen LogP contribution >= 0.6 is 0 Å². The number of likely N-dealkylation sites (tertiary alicyclic amines) is 1. The molecule has 0 bridgehead atoms. The zero-order chi connectivity index (χ0) is 18.6. The van der Waals surface area contributed by atoms with Crippen molar-refractivity contribution in [3.8, 4) is 0 Å². The Morgan fingerprint density at radius 3 is 2.28 bits per heavy atom. The Kier molecular flexibility index (Phi) is 6.03. The molecule has 0 saturated carbocycles. The SMILES string of the molecule is CC(NC(=O)C1CCN(C(=O)OC(C)(C)C)CC1)c1ccc(F)cc1. The number of benzene rings is 1. The van der Waals surface area contributed by atoms with Crippen molar-refractivity contribution in [2.45, 2.75) is 52.2 Å². The van der Waals surface area contributed by atoms with Gasteiger partial charge in [0.15, 0.2) is 0 Å². The van der Waals surface area contributed by atoms with Crippen LogP contribution in [0.5, 0.6) is 0 Å². The van der Waals surface area contributed by atoms with E-state index in [1.54, 1.807) is 17.0 Å². The van der Waals surface area contributed by atoms with Crippen molar-refractivity contribution in [3.63, 3.8) is 0 Å². The van der Waals surface area contributed by atoms with Crippen LogP contribution < -0.4 is 5.32 Å². The number of piperidine rings is 1. The summed E-state index contributed by atoms with van der Waals surface area (Å²) >= 11 is 0. The maximum Gasteiger partial charge on any atom is 0.410 e. The Bertz CT molecular complexity index is 602. The van der Waals surface area contributed by atoms with E-state index in [0.29, 0.717) is 25.9 Å². The van der Waals surface area contributed by atoms with Gasteiger partial charge in [0.05, 0.1) is 6.04 Å². The summed E-state index contributed by atoms with van der Waals surface area (Å²) in [6.07, 6.45) is 0.897. The molecule has 0 aliphatic carbocycles. The van der Waals surface area contributed by atoms with Gasteiger partial charge in [-0.2, -0.15) is 0 Å². The molecule has 1 aromatic rings. The maximum atomic E-state index is 13.0. The Hall–Kier alpha value is -2.11. The quantitative estimate of drug-likeness (QED) is 0.905. The van der Waals surface area contributed by atoms with Gasteiger partial charge in [-0.15, -0.1) is 0 Å². The van der Waals surface area contributed by atoms with Gasteiger partial charge in [-0.25, -0.2) is 9.18 Å². The fourth-order valence-electron chi connectivity index (χ4n) is 2.82. The molecule has 1 unspecified atom stereocenters. The van der Waals surface area contributed by atoms with Crippen LogP contribution in [0.2, 0.25) is 0 Å². The number of rotatable bonds is 3. The van der Waals surface area contributed by atoms with Crippen LogP contribution in [-0.4, -0.2) is 35.6 Å². The summed E-state index contributed by atoms with van der Waals surface area (Å²) in [7, 11) is 0. The topological polar surface area (TPSA) is 58.6 Å². The summed E-state index contributed by atoms with van der Waals surface area (Å²) in [4.78, 5) is 26.1. The number of nitrogens with one attached hydrogen (secondary N) is 1. The normalized spacial score (nSPS) is 17.1. The Morgan fingerprint density at radius 1 is 1.20 bits per heavy atom. The van der Waals surface area contributed by atoms with Crippen LogP contribution in [0.25, 0.3) is 0 Å². The molecule has 0 spiro atoms. The minimum atomic E-state index is -0.518. The van der Waals surface area contributed by atoms with Crippen molar-refractivity contribution < 1.29 is 18.7 Å². The second-order valence-electron chi connectivity index (χ2n) is 7.52. The largest absolute Gasteiger partial charge is 0.444 e. The molecular weight excluding hydrogens is 323 g/mol. The minimum Gasteiger partial charge on any atom is -0.444 e. The Morgan fingerprint density at radius 2 is 1.76 bits per heavy atom. The zero-order valence-corrected chi connectivity index (χ0v) is 15.3. The summed E-state index contributed by atoms with van der Waals surface area (Å²) in [6, 6.07) is 5.93. The van der Waals surface area contributed by atoms with E-state index in [9.17, 15) is 14.0 Å². The Balaban J connectivity index is 1.82. The Labute approximate surface area is 148 Å². The van der Waals surface area contributed by atoms with E-state index in [2.05, 4.69) is 5.32 Å². The van der Waals surface area contributed by atoms with E-state index in [1.807, 2.05) is 27.7 Å². The first-order chi connectivity index (χ1) is 11.7. The lowest BCUT2D eigenvalue weighted by atomic mass is 9.95. The molecule has 5 nitrogen and oxygen atoms in total. The van der Waals surface area contributed by atoms with Crippen molar-refractivity contribution in [2.24, 2.45) is 5.92 Å². The summed E-state index contributed by atoms with van der Waals surface area (Å²) in [6.45, 7) is 8.41. The highest BCUT2D eigenvalue weighted by Gasteiger charge is 2.30. The number of carbonyl (C=O) groups is 2. The number of hydrogen-bond donors (Lipinski definition) is 1. The van der Waals surface area contributed by atoms with Crippen molar-refractivity contribution in [3.05, 3.63) is 35.6 Å². The molecule has 0 aromatic heterocycles. The van der Waals surface area contributed by atoms with E-state index in [1.165, 1.54) is 12.1 Å². The second-order valence-corrected chi connectivity index (χ2v) is 7.52. The smallest absolute Gasteiger partial charge is 0.410 e. The zero-order valence-electron chi connectivity index (χ0n) is 15.3. The monoisotopic (exact) mass is 350 g/mol. The van der Waals surface area contributed by atoms with E-state index in [0.717, 1.165) is 5.56 Å². The number of halogens is 1. The highest BCUT2D eigenvalue weighted by atomic mass is 19.1. The molecule has 138 valence electrons. The number of ether oxygens (including phenoxy) is 1. The third-order valence-corrected chi connectivity index (χ3v) is 4.25. The summed E-state index contributed by atoms with van der Waals surface area (Å²) in [5, 5.41) is 2.97. The van der Waals surface area contributed by atoms with Crippen LogP contribution in [0.4, 0.5) is 9.18 Å². The predicted octanol–water partition coefficient (Wildman–Crippen LogP) is 3.65. The molecule has 1 fully saturated rings. The van der Waals surface area contributed by atoms with Crippen molar-refractivity contribution in [1.29, 1.82) is 0 Å². The molecule has 1 aliphatic rings. The molecule has 1 saturated heterocycles. The lowest BCUT2D eigenvalue weighted by Crippen LogP contribution is -2.45. The van der Waals surface area contributed by atoms with Crippen LogP contribution in [0, 0.1) is 11.7 Å². The summed E-state index contributed by atoms with van der Waals surface area (Å²) in [5.74, 6) is -0.445. The standard InChI is InChI=1S/C19H27FN2O3/c1-13(14-5-7-16(20)8-6-14)21-17(23)15-9-11-22(12-10-15)18(24)25-19(2,3)4/h5-8,13,15H,9-12H2,1-4H3,(H,21,23). The van der Waals surface area contributed by atoms with E-state index < -0.39 is 5.60 Å². The van der Waals surface area contributed by atoms with E-state index in [-0.39, 0.29) is 29.8 Å². The van der Waals surface area contributed by atoms with Gasteiger partial charge in [-0.1, -0.05) is 12.1 Å². The van der Waals surface area contributed by atoms with Crippen LogP contribution in [-0.2, 0) is 9.53 Å². The fourth-order valence-corrected chi connectivity index (χ4v) is 2.82. The average molecular weight is 350 g/mol. The van der Waals surface area contributed by atoms with Gasteiger partial charge in [-0.05, 0) is 58.2 Å². The van der Waals surface area contributed by atoms with Gasteiger partial charge in [0.25, 0.3) is 0 Å². The van der Waals surface area contributed by atoms with Crippen LogP contribution in [0.15, 0.2) is 24.3 Å². The number of carbonyl (C=O) groups excluding carboxylic acids is 2. The van der Waals surface area contributed by atoms with Gasteiger partial charge in [0, 0.05) is 19.0 Å². The highest BCUT2D eigenvalue weighted by molar-refractivity contribution is 5.79. The number of amides is 2. The molecule has 6 heteroatoms. The number of nitrogens with zero attached hydrogens (tertiary/aromatic N) is 1. The van der Waals surface area contributed by atoms with Gasteiger partial charge >= 0.3 is 6.09 Å². The van der Waals surface area contributed by atoms with E-state index in [4.69, 9.17) is 4.74 Å². The third-order valence-electron chi connectivity index (χ3n) is 4.25. The molecule has 0 radical (unpaired) electrons. The highest BCUT2D eigenvalue weighted by Crippen LogP contribution is 2.21. The molecule has 2 rings (SSSR count). The molecule has 1 N–H and O–H groups in total. The lowest BCUT2D eigenvalue weighted by molar-refractivity contribution is -0.127. The first-order valence-corrected chi connectivity index (χ1v) is 8.69. The minimum absolute atomic E-state index is 0.0272. The molecule has 1 aliphatic heterocycles. The second kappa shape index (κ2) is 7.85. The first kappa shape index (κ1) is 19.2. The van der Waals surface area contributed by atoms with Gasteiger partial charge in [0.1, 0.15) is 11.4 Å². The molecule has 1 atom stereocenters. The fraction of sp³-hybridized carbons (Fsp3) is 0.579. The lowest BCUT2D eigenvalue weighted by Gasteiger charge is -2.33. The molecule has 1 heterocycles. The van der Waals surface area contributed by atoms with Gasteiger partial charge < -0.3 is 15.0 Å². The molecule has 2 amide bonds. The average Bonchev–Trinajstić information content (AvgIpc) is 2.54. The van der Waals surface area contributed by atoms with Crippen LogP contribution in [0.3, 0.4) is 0 Å². The maximum absolute atomic E-state index is 13.0. The number of hydrogen-bond acceptors (Lipinski definition) is 3. The van der Waals surface area contributed by atoms with Gasteiger partial charge in [0.2, 0.25) is 5.91 Å². The predicted molar refractivity (Wildman–Crippen MR) is 93.5 cm³/mol. The van der Waals surface area contributed by atoms with Crippen molar-refractivity contribution in [1.82, 2.24) is 10.2 Å². The van der Waals surface area contributed by atoms with E-state index >= 15 is 0 Å². The molecule has 25 heavy (non-hydrogen) atoms. The van der Waals surface area contributed by atoms with Crippen molar-refractivity contribution in [2.75, 3.05) is 13.1 Å². The summed E-state index contributed by atoms with van der Waals surface area (Å²) in [5.41, 5.74) is 0.344. The third kappa shape index (κ3) is 5.73. The first-order valence-electron chi connectivity index (χ1n) is 8.69. The summed E-state index contributed by atoms with van der Waals surface area (Å²) < 4.78 is 18.3. The molecular formula is C19H27FN2O3. The molecule has 1 aromatic carbocycles. The van der Waals surface area contributed by atoms with Crippen LogP contribution in [0.1, 0.15) is 52.1 Å². The van der Waals surface area contributed by atoms with Gasteiger partial charge in [-0.3, -0.25) is 4.79 Å².